The highest BCUT2D eigenvalue weighted by Crippen LogP contribution is 2.13. The summed E-state index contributed by atoms with van der Waals surface area (Å²) in [6.07, 6.45) is 64.8. The van der Waals surface area contributed by atoms with Crippen molar-refractivity contribution in [3.05, 3.63) is 72.9 Å². The summed E-state index contributed by atoms with van der Waals surface area (Å²) < 4.78 is 17.4. The highest BCUT2D eigenvalue weighted by molar-refractivity contribution is 5.70. The van der Waals surface area contributed by atoms with Gasteiger partial charge in [0, 0.05) is 19.4 Å². The van der Waals surface area contributed by atoms with E-state index in [0.717, 1.165) is 89.9 Å². The van der Waals surface area contributed by atoms with Crippen molar-refractivity contribution in [3.63, 3.8) is 0 Å². The maximum absolute atomic E-state index is 12.8. The van der Waals surface area contributed by atoms with Crippen molar-refractivity contribution in [2.45, 2.75) is 245 Å². The van der Waals surface area contributed by atoms with Gasteiger partial charge in [-0.05, 0) is 103 Å². The lowest BCUT2D eigenvalue weighted by Crippen LogP contribution is -2.30. The maximum Gasteiger partial charge on any atom is 0.306 e. The van der Waals surface area contributed by atoms with Gasteiger partial charge in [0.15, 0.2) is 6.10 Å². The third-order valence-corrected chi connectivity index (χ3v) is 10.7. The number of hydrogen-bond acceptors (Lipinski definition) is 5. The van der Waals surface area contributed by atoms with Crippen LogP contribution in [0, 0.1) is 0 Å². The molecule has 1 unspecified atom stereocenters. The molecule has 0 aromatic heterocycles. The Hall–Kier alpha value is -2.66. The molecular formula is C55H96O5. The van der Waals surface area contributed by atoms with Gasteiger partial charge in [0.05, 0.1) is 6.61 Å². The average Bonchev–Trinajstić information content (AvgIpc) is 3.25. The highest BCUT2D eigenvalue weighted by Gasteiger charge is 2.17. The number of esters is 2. The lowest BCUT2D eigenvalue weighted by molar-refractivity contribution is -0.163. The summed E-state index contributed by atoms with van der Waals surface area (Å²) in [6.45, 7) is 7.62. The van der Waals surface area contributed by atoms with Gasteiger partial charge in [-0.15, -0.1) is 0 Å². The quantitative estimate of drug-likeness (QED) is 0.0347. The Bertz CT molecular complexity index is 1080. The minimum Gasteiger partial charge on any atom is -0.462 e. The lowest BCUT2D eigenvalue weighted by Gasteiger charge is -2.18. The summed E-state index contributed by atoms with van der Waals surface area (Å²) in [7, 11) is 0. The average molecular weight is 837 g/mol. The molecule has 0 saturated carbocycles. The van der Waals surface area contributed by atoms with Crippen LogP contribution in [-0.4, -0.2) is 37.9 Å². The summed E-state index contributed by atoms with van der Waals surface area (Å²) in [6, 6.07) is 0. The molecule has 5 heteroatoms. The van der Waals surface area contributed by atoms with Crippen LogP contribution in [0.5, 0.6) is 0 Å². The molecule has 0 aromatic carbocycles. The first-order valence-electron chi connectivity index (χ1n) is 25.5. The van der Waals surface area contributed by atoms with E-state index in [4.69, 9.17) is 14.2 Å². The number of unbranched alkanes of at least 4 members (excludes halogenated alkanes) is 23. The van der Waals surface area contributed by atoms with Crippen LogP contribution in [0.3, 0.4) is 0 Å². The standard InChI is InChI=1S/C55H96O5/c1-4-7-10-13-16-19-22-24-26-27-28-30-32-35-38-41-44-47-50-58-51-53(60-55(57)49-46-43-40-37-33-21-18-15-12-9-6-3)52-59-54(56)48-45-42-39-36-34-31-29-25-23-20-17-14-11-8-5-2/h7,10,15-20,24-26,29,53H,4-6,8-9,11-14,21-23,27-28,30-52H2,1-3H3/b10-7-,18-15-,19-16-,20-17-,26-24-,29-25-. The third kappa shape index (κ3) is 48.0. The molecule has 0 fully saturated rings. The molecule has 0 bridgehead atoms. The first kappa shape index (κ1) is 57.3. The largest absolute Gasteiger partial charge is 0.462 e. The zero-order valence-corrected chi connectivity index (χ0v) is 39.7. The van der Waals surface area contributed by atoms with Gasteiger partial charge in [-0.25, -0.2) is 0 Å². The topological polar surface area (TPSA) is 61.8 Å². The van der Waals surface area contributed by atoms with Crippen LogP contribution in [0.25, 0.3) is 0 Å². The molecule has 0 radical (unpaired) electrons. The summed E-state index contributed by atoms with van der Waals surface area (Å²) in [5.74, 6) is -0.427. The molecule has 60 heavy (non-hydrogen) atoms. The minimum atomic E-state index is -0.551. The van der Waals surface area contributed by atoms with Crippen molar-refractivity contribution in [3.8, 4) is 0 Å². The number of ether oxygens (including phenoxy) is 3. The summed E-state index contributed by atoms with van der Waals surface area (Å²) in [4.78, 5) is 25.3. The number of carbonyl (C=O) groups excluding carboxylic acids is 2. The zero-order valence-electron chi connectivity index (χ0n) is 39.7. The van der Waals surface area contributed by atoms with Crippen LogP contribution in [0.2, 0.25) is 0 Å². The smallest absolute Gasteiger partial charge is 0.306 e. The van der Waals surface area contributed by atoms with Gasteiger partial charge in [0.1, 0.15) is 6.61 Å². The molecule has 5 nitrogen and oxygen atoms in total. The predicted molar refractivity (Wildman–Crippen MR) is 260 cm³/mol. The van der Waals surface area contributed by atoms with Gasteiger partial charge < -0.3 is 14.2 Å². The van der Waals surface area contributed by atoms with Crippen LogP contribution in [0.4, 0.5) is 0 Å². The Kier molecular flexibility index (Phi) is 48.4. The first-order chi connectivity index (χ1) is 29.6. The van der Waals surface area contributed by atoms with E-state index in [1.54, 1.807) is 0 Å². The van der Waals surface area contributed by atoms with E-state index in [2.05, 4.69) is 93.7 Å². The molecule has 0 heterocycles. The van der Waals surface area contributed by atoms with E-state index in [-0.39, 0.29) is 25.2 Å². The van der Waals surface area contributed by atoms with Crippen molar-refractivity contribution in [2.24, 2.45) is 0 Å². The van der Waals surface area contributed by atoms with Gasteiger partial charge in [-0.2, -0.15) is 0 Å². The van der Waals surface area contributed by atoms with Crippen LogP contribution < -0.4 is 0 Å². The van der Waals surface area contributed by atoms with Crippen molar-refractivity contribution in [1.82, 2.24) is 0 Å². The predicted octanol–water partition coefficient (Wildman–Crippen LogP) is 17.1. The second-order valence-electron chi connectivity index (χ2n) is 16.7. The Morgan fingerprint density at radius 3 is 1.27 bits per heavy atom. The van der Waals surface area contributed by atoms with Crippen molar-refractivity contribution >= 4 is 11.9 Å². The van der Waals surface area contributed by atoms with E-state index >= 15 is 0 Å². The fourth-order valence-corrected chi connectivity index (χ4v) is 6.89. The van der Waals surface area contributed by atoms with Gasteiger partial charge in [-0.1, -0.05) is 196 Å². The SMILES string of the molecule is CC/C=C\C/C=C\C/C=C\CCCCCCCCCCOCC(COC(=O)CCCCCCC/C=C\C/C=C\CCCCC)OC(=O)CCCCCCC/C=C\CCCC. The number of rotatable bonds is 46. The fourth-order valence-electron chi connectivity index (χ4n) is 6.89. The molecule has 0 saturated heterocycles. The van der Waals surface area contributed by atoms with Crippen LogP contribution in [0.15, 0.2) is 72.9 Å². The molecule has 346 valence electrons. The Labute approximate surface area is 372 Å². The third-order valence-electron chi connectivity index (χ3n) is 10.7. The molecule has 0 rings (SSSR count). The Morgan fingerprint density at radius 1 is 0.383 bits per heavy atom. The normalized spacial score (nSPS) is 12.8. The van der Waals surface area contributed by atoms with Crippen molar-refractivity contribution in [2.75, 3.05) is 19.8 Å². The molecule has 0 aliphatic heterocycles. The van der Waals surface area contributed by atoms with Gasteiger partial charge in [0.2, 0.25) is 0 Å². The van der Waals surface area contributed by atoms with E-state index in [1.807, 2.05) is 0 Å². The first-order valence-corrected chi connectivity index (χ1v) is 25.5. The molecule has 0 aromatic rings. The lowest BCUT2D eigenvalue weighted by atomic mass is 10.1. The molecule has 0 N–H and O–H groups in total. The second-order valence-corrected chi connectivity index (χ2v) is 16.7. The molecule has 0 aliphatic carbocycles. The molecule has 0 aliphatic rings. The van der Waals surface area contributed by atoms with E-state index < -0.39 is 6.10 Å². The van der Waals surface area contributed by atoms with Crippen molar-refractivity contribution in [1.29, 1.82) is 0 Å². The second kappa shape index (κ2) is 50.7. The van der Waals surface area contributed by atoms with E-state index in [0.29, 0.717) is 19.4 Å². The Balaban J connectivity index is 4.27. The zero-order chi connectivity index (χ0) is 43.5. The molecule has 1 atom stereocenters. The number of allylic oxidation sites excluding steroid dienone is 12. The van der Waals surface area contributed by atoms with Gasteiger partial charge in [-0.3, -0.25) is 9.59 Å². The van der Waals surface area contributed by atoms with E-state index in [9.17, 15) is 9.59 Å². The maximum atomic E-state index is 12.8. The van der Waals surface area contributed by atoms with Crippen LogP contribution in [0.1, 0.15) is 239 Å². The summed E-state index contributed by atoms with van der Waals surface area (Å²) in [5, 5.41) is 0. The summed E-state index contributed by atoms with van der Waals surface area (Å²) >= 11 is 0. The van der Waals surface area contributed by atoms with E-state index in [1.165, 1.54) is 116 Å². The molecular weight excluding hydrogens is 741 g/mol. The number of hydrogen-bond donors (Lipinski definition) is 0. The highest BCUT2D eigenvalue weighted by atomic mass is 16.6. The van der Waals surface area contributed by atoms with Gasteiger partial charge in [0.25, 0.3) is 0 Å². The monoisotopic (exact) mass is 837 g/mol. The van der Waals surface area contributed by atoms with Crippen molar-refractivity contribution < 1.29 is 23.8 Å². The van der Waals surface area contributed by atoms with Crippen LogP contribution >= 0.6 is 0 Å². The van der Waals surface area contributed by atoms with Crippen LogP contribution in [-0.2, 0) is 23.8 Å². The number of carbonyl (C=O) groups is 2. The fraction of sp³-hybridized carbons (Fsp3) is 0.745. The summed E-state index contributed by atoms with van der Waals surface area (Å²) in [5.41, 5.74) is 0. The van der Waals surface area contributed by atoms with Gasteiger partial charge >= 0.3 is 11.9 Å². The Morgan fingerprint density at radius 2 is 0.767 bits per heavy atom. The molecule has 0 spiro atoms. The molecule has 0 amide bonds. The minimum absolute atomic E-state index is 0.0698.